The number of hydrogen-bond donors (Lipinski definition) is 1. The number of hydrogen-bond acceptors (Lipinski definition) is 4. The molecular weight excluding hydrogens is 379 g/mol. The Kier molecular flexibility index (Phi) is 4.99. The molecule has 4 rings (SSSR count). The van der Waals surface area contributed by atoms with E-state index in [-0.39, 0.29) is 5.69 Å². The van der Waals surface area contributed by atoms with Crippen molar-refractivity contribution in [2.24, 2.45) is 0 Å². The van der Waals surface area contributed by atoms with E-state index >= 15 is 0 Å². The smallest absolute Gasteiger partial charge is 0.379 e. The minimum atomic E-state index is -4.42. The zero-order valence-electron chi connectivity index (χ0n) is 15.1. The molecule has 29 heavy (non-hydrogen) atoms. The van der Waals surface area contributed by atoms with Gasteiger partial charge in [0.05, 0.1) is 29.7 Å². The van der Waals surface area contributed by atoms with E-state index in [0.29, 0.717) is 12.2 Å². The summed E-state index contributed by atoms with van der Waals surface area (Å²) in [6.45, 7) is 0.527. The van der Waals surface area contributed by atoms with Crippen LogP contribution in [-0.2, 0) is 12.7 Å². The molecule has 0 saturated heterocycles. The third kappa shape index (κ3) is 4.26. The van der Waals surface area contributed by atoms with Gasteiger partial charge >= 0.3 is 6.18 Å². The molecule has 0 aliphatic rings. The zero-order chi connectivity index (χ0) is 20.3. The van der Waals surface area contributed by atoms with Gasteiger partial charge in [0.25, 0.3) is 0 Å². The first-order chi connectivity index (χ1) is 14.0. The fourth-order valence-corrected chi connectivity index (χ4v) is 2.89. The third-order valence-electron chi connectivity index (χ3n) is 4.32. The summed E-state index contributed by atoms with van der Waals surface area (Å²) in [4.78, 5) is 4.28. The van der Waals surface area contributed by atoms with Crippen LogP contribution in [0.3, 0.4) is 0 Å². The van der Waals surface area contributed by atoms with E-state index in [1.807, 2.05) is 42.5 Å². The number of para-hydroxylation sites is 1. The van der Waals surface area contributed by atoms with E-state index in [1.165, 1.54) is 10.7 Å². The molecule has 0 radical (unpaired) electrons. The Morgan fingerprint density at radius 2 is 1.76 bits per heavy atom. The lowest BCUT2D eigenvalue weighted by Crippen LogP contribution is -2.06. The molecule has 0 aliphatic carbocycles. The summed E-state index contributed by atoms with van der Waals surface area (Å²) in [6.07, 6.45) is -1.08. The van der Waals surface area contributed by atoms with Crippen molar-refractivity contribution in [1.29, 1.82) is 0 Å². The summed E-state index contributed by atoms with van der Waals surface area (Å²) in [5.41, 5.74) is 2.61. The first-order valence-corrected chi connectivity index (χ1v) is 8.84. The SMILES string of the molecule is FC(F)(F)c1cccc(-n2cc(-c3ccccc3NCc3ccccn3)nn2)c1. The number of aromatic nitrogens is 4. The number of nitrogens with zero attached hydrogens (tertiary/aromatic N) is 4. The van der Waals surface area contributed by atoms with Gasteiger partial charge in [0, 0.05) is 17.4 Å². The second-order valence-corrected chi connectivity index (χ2v) is 6.32. The van der Waals surface area contributed by atoms with Crippen LogP contribution in [0, 0.1) is 0 Å². The molecule has 2 aromatic heterocycles. The topological polar surface area (TPSA) is 55.6 Å². The zero-order valence-corrected chi connectivity index (χ0v) is 15.1. The summed E-state index contributed by atoms with van der Waals surface area (Å²) < 4.78 is 40.3. The van der Waals surface area contributed by atoms with Crippen LogP contribution in [0.4, 0.5) is 18.9 Å². The van der Waals surface area contributed by atoms with Gasteiger partial charge in [-0.25, -0.2) is 4.68 Å². The summed E-state index contributed by atoms with van der Waals surface area (Å²) in [5.74, 6) is 0. The Bertz CT molecular complexity index is 1110. The fourth-order valence-electron chi connectivity index (χ4n) is 2.89. The number of alkyl halides is 3. The minimum absolute atomic E-state index is 0.289. The summed E-state index contributed by atoms with van der Waals surface area (Å²) >= 11 is 0. The van der Waals surface area contributed by atoms with E-state index in [4.69, 9.17) is 0 Å². The second-order valence-electron chi connectivity index (χ2n) is 6.32. The van der Waals surface area contributed by atoms with Crippen molar-refractivity contribution >= 4 is 5.69 Å². The molecule has 1 N–H and O–H groups in total. The Balaban J connectivity index is 1.60. The van der Waals surface area contributed by atoms with Crippen molar-refractivity contribution in [3.63, 3.8) is 0 Å². The molecule has 0 unspecified atom stereocenters. The Hall–Kier alpha value is -3.68. The number of anilines is 1. The number of benzene rings is 2. The Morgan fingerprint density at radius 3 is 2.55 bits per heavy atom. The van der Waals surface area contributed by atoms with Gasteiger partial charge in [-0.15, -0.1) is 5.10 Å². The maximum atomic E-state index is 13.0. The van der Waals surface area contributed by atoms with E-state index in [1.54, 1.807) is 18.5 Å². The van der Waals surface area contributed by atoms with E-state index < -0.39 is 11.7 Å². The highest BCUT2D eigenvalue weighted by molar-refractivity contribution is 5.75. The molecule has 0 atom stereocenters. The molecule has 146 valence electrons. The Morgan fingerprint density at radius 1 is 0.931 bits per heavy atom. The van der Waals surface area contributed by atoms with E-state index in [0.717, 1.165) is 29.1 Å². The molecule has 0 fully saturated rings. The van der Waals surface area contributed by atoms with Crippen LogP contribution >= 0.6 is 0 Å². The molecule has 0 spiro atoms. The predicted octanol–water partition coefficient (Wildman–Crippen LogP) is 4.96. The van der Waals surface area contributed by atoms with Crippen LogP contribution in [0.2, 0.25) is 0 Å². The van der Waals surface area contributed by atoms with Crippen LogP contribution in [0.15, 0.2) is 79.1 Å². The highest BCUT2D eigenvalue weighted by atomic mass is 19.4. The molecule has 2 heterocycles. The highest BCUT2D eigenvalue weighted by Gasteiger charge is 2.30. The quantitative estimate of drug-likeness (QED) is 0.519. The summed E-state index contributed by atoms with van der Waals surface area (Å²) in [6, 6.07) is 18.2. The lowest BCUT2D eigenvalue weighted by molar-refractivity contribution is -0.137. The number of nitrogens with one attached hydrogen (secondary N) is 1. The van der Waals surface area contributed by atoms with Crippen LogP contribution in [-0.4, -0.2) is 20.0 Å². The molecule has 0 aliphatic heterocycles. The largest absolute Gasteiger partial charge is 0.416 e. The monoisotopic (exact) mass is 395 g/mol. The number of rotatable bonds is 5. The molecule has 4 aromatic rings. The van der Waals surface area contributed by atoms with Gasteiger partial charge < -0.3 is 5.32 Å². The van der Waals surface area contributed by atoms with Gasteiger partial charge in [0.15, 0.2) is 0 Å². The van der Waals surface area contributed by atoms with Gasteiger partial charge in [0.1, 0.15) is 5.69 Å². The van der Waals surface area contributed by atoms with Crippen LogP contribution < -0.4 is 5.32 Å². The van der Waals surface area contributed by atoms with Gasteiger partial charge in [0.2, 0.25) is 0 Å². The van der Waals surface area contributed by atoms with Gasteiger partial charge in [-0.05, 0) is 36.4 Å². The molecule has 0 bridgehead atoms. The molecule has 0 amide bonds. The van der Waals surface area contributed by atoms with E-state index in [9.17, 15) is 13.2 Å². The third-order valence-corrected chi connectivity index (χ3v) is 4.32. The highest BCUT2D eigenvalue weighted by Crippen LogP contribution is 2.31. The summed E-state index contributed by atoms with van der Waals surface area (Å²) in [7, 11) is 0. The maximum Gasteiger partial charge on any atom is 0.416 e. The first-order valence-electron chi connectivity index (χ1n) is 8.84. The van der Waals surface area contributed by atoms with Gasteiger partial charge in [-0.1, -0.05) is 35.5 Å². The molecule has 0 saturated carbocycles. The number of halogens is 3. The number of pyridine rings is 1. The first kappa shape index (κ1) is 18.7. The van der Waals surface area contributed by atoms with Crippen molar-refractivity contribution < 1.29 is 13.2 Å². The molecule has 8 heteroatoms. The van der Waals surface area contributed by atoms with E-state index in [2.05, 4.69) is 20.6 Å². The van der Waals surface area contributed by atoms with Crippen LogP contribution in [0.1, 0.15) is 11.3 Å². The summed E-state index contributed by atoms with van der Waals surface area (Å²) in [5, 5.41) is 11.5. The normalized spacial score (nSPS) is 11.4. The van der Waals surface area contributed by atoms with Crippen molar-refractivity contribution in [3.8, 4) is 16.9 Å². The van der Waals surface area contributed by atoms with Crippen LogP contribution in [0.25, 0.3) is 16.9 Å². The Labute approximate surface area is 164 Å². The maximum absolute atomic E-state index is 13.0. The van der Waals surface area contributed by atoms with Crippen molar-refractivity contribution in [2.45, 2.75) is 12.7 Å². The van der Waals surface area contributed by atoms with Crippen molar-refractivity contribution in [3.05, 3.63) is 90.4 Å². The lowest BCUT2D eigenvalue weighted by Gasteiger charge is -2.10. The minimum Gasteiger partial charge on any atom is -0.379 e. The lowest BCUT2D eigenvalue weighted by atomic mass is 10.1. The van der Waals surface area contributed by atoms with Gasteiger partial charge in [-0.2, -0.15) is 13.2 Å². The average molecular weight is 395 g/mol. The fraction of sp³-hybridized carbons (Fsp3) is 0.0952. The van der Waals surface area contributed by atoms with Crippen molar-refractivity contribution in [1.82, 2.24) is 20.0 Å². The molecule has 5 nitrogen and oxygen atoms in total. The molecular formula is C21H16F3N5. The predicted molar refractivity (Wildman–Crippen MR) is 103 cm³/mol. The van der Waals surface area contributed by atoms with Crippen LogP contribution in [0.5, 0.6) is 0 Å². The second kappa shape index (κ2) is 7.75. The van der Waals surface area contributed by atoms with Gasteiger partial charge in [-0.3, -0.25) is 4.98 Å². The van der Waals surface area contributed by atoms with Crippen molar-refractivity contribution in [2.75, 3.05) is 5.32 Å². The molecule has 2 aromatic carbocycles. The standard InChI is InChI=1S/C21H16F3N5/c22-21(23,24)15-6-5-8-17(12-15)29-14-20(27-28-29)18-9-1-2-10-19(18)26-13-16-7-3-4-11-25-16/h1-12,14,26H,13H2. The average Bonchev–Trinajstić information content (AvgIpc) is 3.23.